The van der Waals surface area contributed by atoms with Gasteiger partial charge >= 0.3 is 21.2 Å². The van der Waals surface area contributed by atoms with E-state index in [4.69, 9.17) is 0 Å². The maximum Gasteiger partial charge on any atom is 0.357 e. The average Bonchev–Trinajstić information content (AvgIpc) is 3.26. The monoisotopic (exact) mass is 1070 g/mol. The highest BCUT2D eigenvalue weighted by Crippen LogP contribution is 2.31. The highest BCUT2D eigenvalue weighted by Gasteiger charge is 2.52. The summed E-state index contributed by atoms with van der Waals surface area (Å²) in [7, 11) is 0. The summed E-state index contributed by atoms with van der Waals surface area (Å²) in [5.74, 6) is -71.4. The minimum atomic E-state index is -7.22. The molecule has 6 rings (SSSR count). The van der Waals surface area contributed by atoms with Crippen LogP contribution in [0, 0.1) is 123 Å². The van der Waals surface area contributed by atoms with Gasteiger partial charge in [-0.25, -0.2) is 87.8 Å². The summed E-state index contributed by atoms with van der Waals surface area (Å²) >= 11 is -0.0703. The van der Waals surface area contributed by atoms with Crippen molar-refractivity contribution in [3.8, 4) is 0 Å². The lowest BCUT2D eigenvalue weighted by Crippen LogP contribution is -3.61. The Balaban J connectivity index is 0.000000324. The van der Waals surface area contributed by atoms with Crippen molar-refractivity contribution in [1.29, 1.82) is 0 Å². The average molecular weight is 1070 g/mol. The number of halogens is 21. The molecule has 0 atom stereocenters. The summed E-state index contributed by atoms with van der Waals surface area (Å²) < 4.78 is 297. The molecule has 352 valence electrons. The van der Waals surface area contributed by atoms with Crippen LogP contribution < -0.4 is 43.1 Å². The van der Waals surface area contributed by atoms with Gasteiger partial charge in [0, 0.05) is 0 Å². The molecule has 0 fully saturated rings. The summed E-state index contributed by atoms with van der Waals surface area (Å²) in [6, 6.07) is 18.4. The van der Waals surface area contributed by atoms with Gasteiger partial charge in [0.1, 0.15) is 52.7 Å². The van der Waals surface area contributed by atoms with E-state index in [2.05, 4.69) is 90.1 Å². The van der Waals surface area contributed by atoms with E-state index in [0.29, 0.717) is 0 Å². The second-order valence-electron chi connectivity index (χ2n) is 16.4. The number of benzene rings is 6. The first-order valence-electron chi connectivity index (χ1n) is 18.5. The molecule has 0 nitrogen and oxygen atoms in total. The standard InChI is InChI=1S/C24BF20.C20H26I/c26-5-1(6(27)14(35)21(42)13(5)34)25(2-7(28)15(36)22(43)16(37)8(2)29,3-9(30)17(38)23(44)18(39)10(3)31)4-11(32)19(40)24(45)20(41)12(4)33;1-19(2,3)15-7-11-17(12-8-15)21-18-13-9-16(10-14-18)20(4,5)6/h;7-14H,1-6H3/q-1;+1. The van der Waals surface area contributed by atoms with Gasteiger partial charge in [-0.3, -0.25) is 0 Å². The molecule has 0 saturated carbocycles. The summed E-state index contributed by atoms with van der Waals surface area (Å²) in [5, 5.41) is 0. The van der Waals surface area contributed by atoms with E-state index in [0.717, 1.165) is 0 Å². The van der Waals surface area contributed by atoms with Crippen molar-refractivity contribution in [1.82, 2.24) is 0 Å². The zero-order chi connectivity index (χ0) is 50.0. The molecule has 0 bridgehead atoms. The van der Waals surface area contributed by atoms with Crippen LogP contribution in [0.25, 0.3) is 0 Å². The Morgan fingerprint density at radius 2 is 0.409 bits per heavy atom. The minimum absolute atomic E-state index is 0.0703. The first-order valence-corrected chi connectivity index (χ1v) is 20.6. The molecule has 6 aromatic rings. The summed E-state index contributed by atoms with van der Waals surface area (Å²) in [6.07, 6.45) is -7.22. The zero-order valence-corrected chi connectivity index (χ0v) is 36.3. The van der Waals surface area contributed by atoms with Gasteiger partial charge in [0.25, 0.3) is 0 Å². The molecule has 0 radical (unpaired) electrons. The second-order valence-corrected chi connectivity index (χ2v) is 19.4. The van der Waals surface area contributed by atoms with E-state index in [1.165, 1.54) is 18.3 Å². The van der Waals surface area contributed by atoms with Crippen molar-refractivity contribution in [3.05, 3.63) is 183 Å². The van der Waals surface area contributed by atoms with E-state index in [9.17, 15) is 52.7 Å². The minimum Gasteiger partial charge on any atom is -0.207 e. The molecule has 0 spiro atoms. The van der Waals surface area contributed by atoms with Crippen LogP contribution in [0.4, 0.5) is 87.8 Å². The molecule has 0 unspecified atom stereocenters. The second kappa shape index (κ2) is 18.4. The molecule has 0 aliphatic carbocycles. The third kappa shape index (κ3) is 8.61. The van der Waals surface area contributed by atoms with Crippen molar-refractivity contribution in [2.75, 3.05) is 0 Å². The van der Waals surface area contributed by atoms with Gasteiger partial charge in [-0.15, -0.1) is 21.9 Å². The largest absolute Gasteiger partial charge is 0.357 e. The number of rotatable bonds is 6. The third-order valence-corrected chi connectivity index (χ3v) is 13.0. The molecule has 0 amide bonds. The summed E-state index contributed by atoms with van der Waals surface area (Å²) in [5.41, 5.74) is -11.0. The normalized spacial score (nSPS) is 12.2. The molecule has 0 aromatic heterocycles. The fraction of sp³-hybridized carbons (Fsp3) is 0.182. The summed E-state index contributed by atoms with van der Waals surface area (Å²) in [4.78, 5) is 0. The highest BCUT2D eigenvalue weighted by atomic mass is 127. The number of hydrogen-bond donors (Lipinski definition) is 0. The van der Waals surface area contributed by atoms with E-state index >= 15 is 35.1 Å². The van der Waals surface area contributed by atoms with Crippen LogP contribution in [0.1, 0.15) is 52.7 Å². The quantitative estimate of drug-likeness (QED) is 0.0519. The molecule has 0 saturated heterocycles. The van der Waals surface area contributed by atoms with Crippen molar-refractivity contribution >= 4 is 28.0 Å². The van der Waals surface area contributed by atoms with Crippen molar-refractivity contribution in [2.24, 2.45) is 0 Å². The predicted octanol–water partition coefficient (Wildman–Crippen LogP) is 8.26. The van der Waals surface area contributed by atoms with Crippen molar-refractivity contribution in [3.63, 3.8) is 0 Å². The third-order valence-electron chi connectivity index (χ3n) is 10.3. The smallest absolute Gasteiger partial charge is 0.207 e. The van der Waals surface area contributed by atoms with Crippen LogP contribution in [0.2, 0.25) is 0 Å². The lowest BCUT2D eigenvalue weighted by molar-refractivity contribution is -0.597. The lowest BCUT2D eigenvalue weighted by atomic mass is 9.12. The molecule has 0 aliphatic heterocycles. The fourth-order valence-electron chi connectivity index (χ4n) is 7.03. The predicted molar refractivity (Wildman–Crippen MR) is 197 cm³/mol. The lowest BCUT2D eigenvalue weighted by Gasteiger charge is -2.44. The summed E-state index contributed by atoms with van der Waals surface area (Å²) in [6.45, 7) is 13.6. The SMILES string of the molecule is CC(C)(C)c1ccc([I+]c2ccc(C(C)(C)C)cc2)cc1.Fc1c(F)c(F)c([B-](c2c(F)c(F)c(F)c(F)c2F)(c2c(F)c(F)c(F)c(F)c2F)c2c(F)c(F)c(F)c(F)c2F)c(F)c1F. The van der Waals surface area contributed by atoms with Gasteiger partial charge in [-0.1, -0.05) is 65.8 Å². The first-order chi connectivity index (χ1) is 30.4. The van der Waals surface area contributed by atoms with Gasteiger partial charge in [0.05, 0.1) is 0 Å². The van der Waals surface area contributed by atoms with Gasteiger partial charge in [0.15, 0.2) is 76.9 Å². The zero-order valence-electron chi connectivity index (χ0n) is 34.1. The van der Waals surface area contributed by atoms with E-state index in [1.807, 2.05) is 0 Å². The van der Waals surface area contributed by atoms with E-state index < -0.39 is 144 Å². The topological polar surface area (TPSA) is 0 Å². The van der Waals surface area contributed by atoms with Crippen LogP contribution in [-0.2, 0) is 10.8 Å². The first kappa shape index (κ1) is 51.7. The molecule has 6 aromatic carbocycles. The molecule has 0 N–H and O–H groups in total. The Morgan fingerprint density at radius 1 is 0.258 bits per heavy atom. The van der Waals surface area contributed by atoms with E-state index in [1.54, 1.807) is 0 Å². The van der Waals surface area contributed by atoms with Crippen molar-refractivity contribution in [2.45, 2.75) is 52.4 Å². The maximum atomic E-state index is 15.4. The molecule has 0 aliphatic rings. The van der Waals surface area contributed by atoms with Crippen LogP contribution in [0.5, 0.6) is 0 Å². The Bertz CT molecular complexity index is 2450. The van der Waals surface area contributed by atoms with E-state index in [-0.39, 0.29) is 32.0 Å². The maximum absolute atomic E-state index is 15.4. The Morgan fingerprint density at radius 3 is 0.561 bits per heavy atom. The van der Waals surface area contributed by atoms with Crippen molar-refractivity contribution < 1.29 is 109 Å². The van der Waals surface area contributed by atoms with Gasteiger partial charge < -0.3 is 0 Å². The van der Waals surface area contributed by atoms with Gasteiger partial charge in [0.2, 0.25) is 0 Å². The highest BCUT2D eigenvalue weighted by molar-refractivity contribution is 7.20. The molecular weight excluding hydrogens is 1050 g/mol. The fourth-order valence-corrected chi connectivity index (χ4v) is 9.18. The van der Waals surface area contributed by atoms with Crippen LogP contribution in [0.3, 0.4) is 0 Å². The van der Waals surface area contributed by atoms with Gasteiger partial charge in [-0.2, -0.15) is 0 Å². The van der Waals surface area contributed by atoms with Crippen LogP contribution >= 0.6 is 0 Å². The molecule has 66 heavy (non-hydrogen) atoms. The molecule has 0 heterocycles. The Hall–Kier alpha value is -5.29. The Labute approximate surface area is 371 Å². The van der Waals surface area contributed by atoms with Gasteiger partial charge in [-0.05, 0) is 46.2 Å². The molecule has 22 heteroatoms. The molecular formula is C44H26BF20I. The Kier molecular flexibility index (Phi) is 14.4. The van der Waals surface area contributed by atoms with Crippen LogP contribution in [-0.4, -0.2) is 6.15 Å². The number of hydrogen-bond acceptors (Lipinski definition) is 0. The van der Waals surface area contributed by atoms with Crippen LogP contribution in [0.15, 0.2) is 48.5 Å².